The summed E-state index contributed by atoms with van der Waals surface area (Å²) in [4.78, 5) is 21.2. The van der Waals surface area contributed by atoms with Gasteiger partial charge >= 0.3 is 0 Å². The number of aromatic amines is 1. The second-order valence-corrected chi connectivity index (χ2v) is 6.31. The second-order valence-electron chi connectivity index (χ2n) is 6.31. The van der Waals surface area contributed by atoms with Crippen LogP contribution in [0.15, 0.2) is 36.8 Å². The quantitative estimate of drug-likeness (QED) is 0.880. The molecule has 1 fully saturated rings. The van der Waals surface area contributed by atoms with Crippen molar-refractivity contribution < 1.29 is 14.3 Å². The average Bonchev–Trinajstić information content (AvgIpc) is 3.23. The van der Waals surface area contributed by atoms with Crippen LogP contribution in [0.25, 0.3) is 0 Å². The van der Waals surface area contributed by atoms with Crippen molar-refractivity contribution in [1.29, 1.82) is 0 Å². The van der Waals surface area contributed by atoms with Crippen molar-refractivity contribution in [2.24, 2.45) is 0 Å². The van der Waals surface area contributed by atoms with Gasteiger partial charge in [0.15, 0.2) is 0 Å². The number of imidazole rings is 1. The molecule has 1 aliphatic rings. The maximum Gasteiger partial charge on any atom is 0.228 e. The summed E-state index contributed by atoms with van der Waals surface area (Å²) in [6.45, 7) is 3.69. The van der Waals surface area contributed by atoms with E-state index in [2.05, 4.69) is 9.97 Å². The summed E-state index contributed by atoms with van der Waals surface area (Å²) in [5.74, 6) is 0.905. The Balaban J connectivity index is 1.59. The number of aromatic nitrogens is 2. The standard InChI is InChI=1S/C18H23N3O3/c1-14-4-3-5-16(8-14)24-12-18(23-2)6-7-21(11-18)17(22)9-15-10-19-13-20-15/h3-5,8,10,13H,6-7,9,11-12H2,1-2H3,(H,19,20)/t18-/m0/s1. The normalized spacial score (nSPS) is 20.3. The summed E-state index contributed by atoms with van der Waals surface area (Å²) < 4.78 is 11.6. The number of nitrogens with zero attached hydrogens (tertiary/aromatic N) is 2. The minimum absolute atomic E-state index is 0.0775. The molecule has 24 heavy (non-hydrogen) atoms. The van der Waals surface area contributed by atoms with E-state index in [4.69, 9.17) is 9.47 Å². The highest BCUT2D eigenvalue weighted by molar-refractivity contribution is 5.78. The molecular formula is C18H23N3O3. The highest BCUT2D eigenvalue weighted by Gasteiger charge is 2.41. The van der Waals surface area contributed by atoms with Crippen molar-refractivity contribution in [3.8, 4) is 5.75 Å². The van der Waals surface area contributed by atoms with Crippen LogP contribution in [0.3, 0.4) is 0 Å². The number of carbonyl (C=O) groups excluding carboxylic acids is 1. The Morgan fingerprint density at radius 1 is 1.46 bits per heavy atom. The molecule has 6 heteroatoms. The van der Waals surface area contributed by atoms with E-state index in [1.54, 1.807) is 19.6 Å². The summed E-state index contributed by atoms with van der Waals surface area (Å²) >= 11 is 0. The predicted octanol–water partition coefficient (Wildman–Crippen LogP) is 1.96. The fourth-order valence-corrected chi connectivity index (χ4v) is 2.98. The Morgan fingerprint density at radius 2 is 2.33 bits per heavy atom. The maximum atomic E-state index is 12.4. The Labute approximate surface area is 141 Å². The van der Waals surface area contributed by atoms with E-state index in [0.29, 0.717) is 26.1 Å². The maximum absolute atomic E-state index is 12.4. The monoisotopic (exact) mass is 329 g/mol. The lowest BCUT2D eigenvalue weighted by Crippen LogP contribution is -2.42. The molecule has 0 spiro atoms. The Morgan fingerprint density at radius 3 is 3.04 bits per heavy atom. The molecule has 0 radical (unpaired) electrons. The van der Waals surface area contributed by atoms with Gasteiger partial charge in [-0.25, -0.2) is 4.98 Å². The van der Waals surface area contributed by atoms with E-state index in [9.17, 15) is 4.79 Å². The molecule has 6 nitrogen and oxygen atoms in total. The van der Waals surface area contributed by atoms with E-state index >= 15 is 0 Å². The zero-order valence-corrected chi connectivity index (χ0v) is 14.1. The lowest BCUT2D eigenvalue weighted by molar-refractivity contribution is -0.131. The molecule has 1 aromatic heterocycles. The van der Waals surface area contributed by atoms with Crippen LogP contribution in [-0.2, 0) is 16.0 Å². The van der Waals surface area contributed by atoms with E-state index in [1.807, 2.05) is 36.1 Å². The number of methoxy groups -OCH3 is 1. The van der Waals surface area contributed by atoms with Gasteiger partial charge in [-0.1, -0.05) is 12.1 Å². The number of H-pyrrole nitrogens is 1. The second kappa shape index (κ2) is 7.05. The first kappa shape index (κ1) is 16.5. The van der Waals surface area contributed by atoms with Gasteiger partial charge in [-0.3, -0.25) is 4.79 Å². The highest BCUT2D eigenvalue weighted by Crippen LogP contribution is 2.27. The third kappa shape index (κ3) is 3.76. The Hall–Kier alpha value is -2.34. The van der Waals surface area contributed by atoms with Crippen LogP contribution >= 0.6 is 0 Å². The molecule has 1 atom stereocenters. The van der Waals surface area contributed by atoms with Crippen molar-refractivity contribution in [2.75, 3.05) is 26.8 Å². The van der Waals surface area contributed by atoms with Gasteiger partial charge in [0.2, 0.25) is 5.91 Å². The largest absolute Gasteiger partial charge is 0.491 e. The average molecular weight is 329 g/mol. The lowest BCUT2D eigenvalue weighted by atomic mass is 10.0. The molecule has 3 rings (SSSR count). The molecule has 1 saturated heterocycles. The van der Waals surface area contributed by atoms with Crippen LogP contribution in [0, 0.1) is 6.92 Å². The predicted molar refractivity (Wildman–Crippen MR) is 89.9 cm³/mol. The van der Waals surface area contributed by atoms with E-state index in [0.717, 1.165) is 23.4 Å². The van der Waals surface area contributed by atoms with Gasteiger partial charge in [-0.05, 0) is 31.0 Å². The number of aryl methyl sites for hydroxylation is 1. The van der Waals surface area contributed by atoms with Crippen LogP contribution in [0.1, 0.15) is 17.7 Å². The van der Waals surface area contributed by atoms with Gasteiger partial charge in [0.25, 0.3) is 0 Å². The summed E-state index contributed by atoms with van der Waals surface area (Å²) in [7, 11) is 1.68. The van der Waals surface area contributed by atoms with Crippen molar-refractivity contribution in [2.45, 2.75) is 25.4 Å². The SMILES string of the molecule is CO[C@@]1(COc2cccc(C)c2)CCN(C(=O)Cc2cnc[nH]2)C1. The van der Waals surface area contributed by atoms with Gasteiger partial charge < -0.3 is 19.4 Å². The molecule has 1 amide bonds. The number of rotatable bonds is 6. The van der Waals surface area contributed by atoms with Crippen molar-refractivity contribution in [3.05, 3.63) is 48.0 Å². The van der Waals surface area contributed by atoms with E-state index in [1.165, 1.54) is 0 Å². The number of amides is 1. The van der Waals surface area contributed by atoms with Crippen LogP contribution < -0.4 is 4.74 Å². The number of hydrogen-bond acceptors (Lipinski definition) is 4. The van der Waals surface area contributed by atoms with Gasteiger partial charge in [-0.2, -0.15) is 0 Å². The number of benzene rings is 1. The molecule has 0 unspecified atom stereocenters. The molecule has 2 heterocycles. The molecular weight excluding hydrogens is 306 g/mol. The fourth-order valence-electron chi connectivity index (χ4n) is 2.98. The van der Waals surface area contributed by atoms with E-state index in [-0.39, 0.29) is 5.91 Å². The number of carbonyl (C=O) groups is 1. The molecule has 1 aliphatic heterocycles. The van der Waals surface area contributed by atoms with Gasteiger partial charge in [0.1, 0.15) is 18.0 Å². The number of hydrogen-bond donors (Lipinski definition) is 1. The summed E-state index contributed by atoms with van der Waals surface area (Å²) in [5.41, 5.74) is 1.53. The summed E-state index contributed by atoms with van der Waals surface area (Å²) in [5, 5.41) is 0. The van der Waals surface area contributed by atoms with Crippen LogP contribution in [0.5, 0.6) is 5.75 Å². The van der Waals surface area contributed by atoms with Crippen molar-refractivity contribution in [3.63, 3.8) is 0 Å². The van der Waals surface area contributed by atoms with E-state index < -0.39 is 5.60 Å². The van der Waals surface area contributed by atoms with Crippen molar-refractivity contribution in [1.82, 2.24) is 14.9 Å². The van der Waals surface area contributed by atoms with Crippen LogP contribution in [0.2, 0.25) is 0 Å². The zero-order valence-electron chi connectivity index (χ0n) is 14.1. The topological polar surface area (TPSA) is 67.5 Å². The first-order chi connectivity index (χ1) is 11.6. The molecule has 0 bridgehead atoms. The van der Waals surface area contributed by atoms with Crippen LogP contribution in [-0.4, -0.2) is 53.2 Å². The Bertz CT molecular complexity index is 687. The molecule has 128 valence electrons. The minimum atomic E-state index is -0.451. The molecule has 1 aromatic carbocycles. The highest BCUT2D eigenvalue weighted by atomic mass is 16.5. The third-order valence-electron chi connectivity index (χ3n) is 4.49. The smallest absolute Gasteiger partial charge is 0.228 e. The molecule has 2 aromatic rings. The number of likely N-dealkylation sites (tertiary alicyclic amines) is 1. The fraction of sp³-hybridized carbons (Fsp3) is 0.444. The molecule has 0 saturated carbocycles. The summed E-state index contributed by atoms with van der Waals surface area (Å²) in [6, 6.07) is 7.94. The lowest BCUT2D eigenvalue weighted by Gasteiger charge is -2.28. The minimum Gasteiger partial charge on any atom is -0.491 e. The molecule has 1 N–H and O–H groups in total. The first-order valence-electron chi connectivity index (χ1n) is 8.10. The number of ether oxygens (including phenoxy) is 2. The van der Waals surface area contributed by atoms with Crippen LogP contribution in [0.4, 0.5) is 0 Å². The van der Waals surface area contributed by atoms with Gasteiger partial charge in [0, 0.05) is 25.5 Å². The van der Waals surface area contributed by atoms with Gasteiger partial charge in [-0.15, -0.1) is 0 Å². The Kier molecular flexibility index (Phi) is 4.85. The van der Waals surface area contributed by atoms with Crippen molar-refractivity contribution >= 4 is 5.91 Å². The van der Waals surface area contributed by atoms with Gasteiger partial charge in [0.05, 0.1) is 19.3 Å². The zero-order chi connectivity index (χ0) is 17.0. The summed E-state index contributed by atoms with van der Waals surface area (Å²) in [6.07, 6.45) is 4.36. The molecule has 0 aliphatic carbocycles. The third-order valence-corrected chi connectivity index (χ3v) is 4.49. The number of nitrogens with one attached hydrogen (secondary N) is 1. The first-order valence-corrected chi connectivity index (χ1v) is 8.10.